The summed E-state index contributed by atoms with van der Waals surface area (Å²) in [7, 11) is 0. The summed E-state index contributed by atoms with van der Waals surface area (Å²) in [6.07, 6.45) is 7.54. The van der Waals surface area contributed by atoms with Gasteiger partial charge in [-0.2, -0.15) is 0 Å². The lowest BCUT2D eigenvalue weighted by atomic mass is 9.94. The summed E-state index contributed by atoms with van der Waals surface area (Å²) >= 11 is 0. The number of pyridine rings is 2. The zero-order valence-corrected chi connectivity index (χ0v) is 30.8. The SMILES string of the molecule is Cc1ccc2c(c1)c1cc(C)ccc1n2-c1cc(-c2cc(-c3cccnc3)cc(-c3cccnc3)c2)cc(-n2c3ccc(C)cc3c3cc(C)ccc32)c1. The Morgan fingerprint density at radius 1 is 0.333 bits per heavy atom. The minimum absolute atomic E-state index is 1.07. The number of hydrogen-bond acceptors (Lipinski definition) is 2. The second kappa shape index (κ2) is 12.4. The molecule has 0 bridgehead atoms. The fourth-order valence-electron chi connectivity index (χ4n) is 8.27. The molecule has 258 valence electrons. The standard InChI is InChI=1S/C50H38N4/c1-31-9-13-47-43(19-31)44-20-32(2)10-14-48(44)53(47)41-26-40(39-24-37(35-7-5-17-51-29-35)23-38(25-39)36-8-6-18-52-30-36)27-42(28-41)54-49-15-11-33(3)21-45(49)46-22-34(4)12-16-50(46)54/h5-30H,1-4H3. The number of aryl methyl sites for hydroxylation is 4. The van der Waals surface area contributed by atoms with Crippen LogP contribution in [0.25, 0.3) is 88.4 Å². The quantitative estimate of drug-likeness (QED) is 0.180. The Morgan fingerprint density at radius 2 is 0.667 bits per heavy atom. The van der Waals surface area contributed by atoms with Crippen LogP contribution in [-0.4, -0.2) is 19.1 Å². The van der Waals surface area contributed by atoms with Crippen LogP contribution < -0.4 is 0 Å². The number of hydrogen-bond donors (Lipinski definition) is 0. The largest absolute Gasteiger partial charge is 0.309 e. The van der Waals surface area contributed by atoms with Gasteiger partial charge in [-0.3, -0.25) is 9.97 Å². The molecule has 0 amide bonds. The molecule has 0 unspecified atom stereocenters. The van der Waals surface area contributed by atoms with E-state index in [9.17, 15) is 0 Å². The zero-order chi connectivity index (χ0) is 36.5. The minimum atomic E-state index is 1.07. The van der Waals surface area contributed by atoms with Crippen LogP contribution in [0.2, 0.25) is 0 Å². The van der Waals surface area contributed by atoms with Crippen molar-refractivity contribution in [2.24, 2.45) is 0 Å². The summed E-state index contributed by atoms with van der Waals surface area (Å²) in [5.74, 6) is 0. The number of fused-ring (bicyclic) bond motifs is 6. The molecular formula is C50H38N4. The second-order valence-electron chi connectivity index (χ2n) is 14.8. The first-order chi connectivity index (χ1) is 26.4. The Morgan fingerprint density at radius 3 is 1.00 bits per heavy atom. The van der Waals surface area contributed by atoms with Gasteiger partial charge in [-0.05, 0) is 147 Å². The predicted molar refractivity (Wildman–Crippen MR) is 226 cm³/mol. The third-order valence-electron chi connectivity index (χ3n) is 10.8. The van der Waals surface area contributed by atoms with E-state index in [1.807, 2.05) is 36.9 Å². The fourth-order valence-corrected chi connectivity index (χ4v) is 8.27. The molecule has 4 heteroatoms. The van der Waals surface area contributed by atoms with E-state index in [0.717, 1.165) is 44.8 Å². The van der Waals surface area contributed by atoms with E-state index in [-0.39, 0.29) is 0 Å². The van der Waals surface area contributed by atoms with E-state index in [1.165, 1.54) is 65.9 Å². The molecule has 0 atom stereocenters. The minimum Gasteiger partial charge on any atom is -0.309 e. The van der Waals surface area contributed by atoms with Crippen molar-refractivity contribution < 1.29 is 0 Å². The van der Waals surface area contributed by atoms with Crippen molar-refractivity contribution in [3.63, 3.8) is 0 Å². The Hall–Kier alpha value is -6.78. The van der Waals surface area contributed by atoms with Crippen LogP contribution >= 0.6 is 0 Å². The molecule has 10 aromatic rings. The van der Waals surface area contributed by atoms with Crippen LogP contribution in [0.3, 0.4) is 0 Å². The lowest BCUT2D eigenvalue weighted by Gasteiger charge is -2.17. The van der Waals surface area contributed by atoms with E-state index >= 15 is 0 Å². The van der Waals surface area contributed by atoms with Crippen molar-refractivity contribution in [3.05, 3.63) is 181 Å². The molecule has 4 aromatic heterocycles. The molecule has 6 aromatic carbocycles. The van der Waals surface area contributed by atoms with Gasteiger partial charge in [-0.1, -0.05) is 58.7 Å². The van der Waals surface area contributed by atoms with E-state index in [0.29, 0.717) is 0 Å². The average molecular weight is 695 g/mol. The van der Waals surface area contributed by atoms with Crippen LogP contribution in [0.15, 0.2) is 158 Å². The van der Waals surface area contributed by atoms with E-state index in [2.05, 4.69) is 168 Å². The van der Waals surface area contributed by atoms with Gasteiger partial charge in [0.1, 0.15) is 0 Å². The number of rotatable bonds is 5. The fraction of sp³-hybridized carbons (Fsp3) is 0.0800. The van der Waals surface area contributed by atoms with Gasteiger partial charge in [-0.25, -0.2) is 0 Å². The van der Waals surface area contributed by atoms with Crippen molar-refractivity contribution in [1.29, 1.82) is 0 Å². The monoisotopic (exact) mass is 694 g/mol. The van der Waals surface area contributed by atoms with Crippen LogP contribution in [0.4, 0.5) is 0 Å². The third-order valence-corrected chi connectivity index (χ3v) is 10.8. The highest BCUT2D eigenvalue weighted by atomic mass is 15.0. The lowest BCUT2D eigenvalue weighted by Crippen LogP contribution is -2.00. The van der Waals surface area contributed by atoms with Crippen LogP contribution in [0.1, 0.15) is 22.3 Å². The molecule has 0 spiro atoms. The number of nitrogens with zero attached hydrogens (tertiary/aromatic N) is 4. The molecule has 4 nitrogen and oxygen atoms in total. The van der Waals surface area contributed by atoms with Crippen molar-refractivity contribution >= 4 is 43.6 Å². The summed E-state index contributed by atoms with van der Waals surface area (Å²) in [4.78, 5) is 8.97. The molecule has 0 saturated carbocycles. The maximum absolute atomic E-state index is 4.48. The molecule has 0 radical (unpaired) electrons. The Labute approximate surface area is 314 Å². The molecule has 0 aliphatic rings. The smallest absolute Gasteiger partial charge is 0.0541 e. The van der Waals surface area contributed by atoms with Gasteiger partial charge in [0.15, 0.2) is 0 Å². The van der Waals surface area contributed by atoms with E-state index in [1.54, 1.807) is 0 Å². The molecule has 4 heterocycles. The average Bonchev–Trinajstić information content (AvgIpc) is 3.69. The molecule has 0 aliphatic carbocycles. The molecular weight excluding hydrogens is 657 g/mol. The summed E-state index contributed by atoms with van der Waals surface area (Å²) in [6.45, 7) is 8.71. The summed E-state index contributed by atoms with van der Waals surface area (Å²) in [6, 6.07) is 49.5. The van der Waals surface area contributed by atoms with Crippen molar-refractivity contribution in [2.75, 3.05) is 0 Å². The van der Waals surface area contributed by atoms with Gasteiger partial charge in [0.2, 0.25) is 0 Å². The lowest BCUT2D eigenvalue weighted by molar-refractivity contribution is 1.13. The highest BCUT2D eigenvalue weighted by Crippen LogP contribution is 2.40. The first kappa shape index (κ1) is 31.9. The maximum atomic E-state index is 4.48. The van der Waals surface area contributed by atoms with Crippen LogP contribution in [0.5, 0.6) is 0 Å². The molecule has 10 rings (SSSR count). The van der Waals surface area contributed by atoms with Gasteiger partial charge < -0.3 is 9.13 Å². The number of aromatic nitrogens is 4. The highest BCUT2D eigenvalue weighted by molar-refractivity contribution is 6.11. The Kier molecular flexibility index (Phi) is 7.34. The molecule has 0 fully saturated rings. The first-order valence-electron chi connectivity index (χ1n) is 18.5. The second-order valence-corrected chi connectivity index (χ2v) is 14.8. The summed E-state index contributed by atoms with van der Waals surface area (Å²) in [5.41, 5.74) is 18.6. The molecule has 0 saturated heterocycles. The third kappa shape index (κ3) is 5.30. The molecule has 0 N–H and O–H groups in total. The summed E-state index contributed by atoms with van der Waals surface area (Å²) < 4.78 is 4.90. The first-order valence-corrected chi connectivity index (χ1v) is 18.5. The van der Waals surface area contributed by atoms with Gasteiger partial charge >= 0.3 is 0 Å². The normalized spacial score (nSPS) is 11.7. The van der Waals surface area contributed by atoms with Gasteiger partial charge in [-0.15, -0.1) is 0 Å². The Bertz CT molecular complexity index is 2760. The van der Waals surface area contributed by atoms with E-state index in [4.69, 9.17) is 0 Å². The van der Waals surface area contributed by atoms with Gasteiger partial charge in [0.05, 0.1) is 22.1 Å². The van der Waals surface area contributed by atoms with Gasteiger partial charge in [0.25, 0.3) is 0 Å². The highest BCUT2D eigenvalue weighted by Gasteiger charge is 2.19. The predicted octanol–water partition coefficient (Wildman–Crippen LogP) is 12.9. The topological polar surface area (TPSA) is 35.6 Å². The van der Waals surface area contributed by atoms with Crippen molar-refractivity contribution in [2.45, 2.75) is 27.7 Å². The van der Waals surface area contributed by atoms with Gasteiger partial charge in [0, 0.05) is 68.8 Å². The van der Waals surface area contributed by atoms with Crippen LogP contribution in [0, 0.1) is 27.7 Å². The summed E-state index contributed by atoms with van der Waals surface area (Å²) in [5, 5.41) is 5.06. The van der Waals surface area contributed by atoms with E-state index < -0.39 is 0 Å². The molecule has 54 heavy (non-hydrogen) atoms. The number of benzene rings is 6. The van der Waals surface area contributed by atoms with Crippen molar-refractivity contribution in [3.8, 4) is 44.8 Å². The Balaban J connectivity index is 1.32. The van der Waals surface area contributed by atoms with Crippen LogP contribution in [-0.2, 0) is 0 Å². The molecule has 0 aliphatic heterocycles. The maximum Gasteiger partial charge on any atom is 0.0541 e. The zero-order valence-electron chi connectivity index (χ0n) is 30.8. The van der Waals surface area contributed by atoms with Crippen molar-refractivity contribution in [1.82, 2.24) is 19.1 Å².